The first-order valence-electron chi connectivity index (χ1n) is 11.3. The number of benzene rings is 2. The number of aromatic nitrogens is 2. The zero-order valence-electron chi connectivity index (χ0n) is 18.9. The molecule has 2 heterocycles. The van der Waals surface area contributed by atoms with Gasteiger partial charge in [-0.2, -0.15) is 17.6 Å². The number of nitrogens with one attached hydrogen (secondary N) is 1. The Morgan fingerprint density at radius 2 is 1.71 bits per heavy atom. The SMILES string of the molecule is NC(=O)Cc1ccc(CNc2ncnc(N3CCCCC3c3ccc(C(F)(F)F)cc3)c2F)cc1. The molecule has 184 valence electrons. The molecule has 3 aromatic rings. The minimum Gasteiger partial charge on any atom is -0.369 e. The normalized spacial score (nSPS) is 16.2. The van der Waals surface area contributed by atoms with E-state index in [9.17, 15) is 18.0 Å². The van der Waals surface area contributed by atoms with E-state index < -0.39 is 23.5 Å². The Kier molecular flexibility index (Phi) is 7.18. The van der Waals surface area contributed by atoms with Crippen LogP contribution in [0.15, 0.2) is 54.9 Å². The number of halogens is 4. The van der Waals surface area contributed by atoms with Gasteiger partial charge in [-0.25, -0.2) is 9.97 Å². The molecule has 1 atom stereocenters. The molecule has 1 aliphatic heterocycles. The van der Waals surface area contributed by atoms with E-state index in [-0.39, 0.29) is 24.1 Å². The predicted molar refractivity (Wildman–Crippen MR) is 124 cm³/mol. The van der Waals surface area contributed by atoms with Crippen molar-refractivity contribution < 1.29 is 22.4 Å². The van der Waals surface area contributed by atoms with Crippen LogP contribution >= 0.6 is 0 Å². The van der Waals surface area contributed by atoms with Crippen LogP contribution in [0.5, 0.6) is 0 Å². The number of amides is 1. The zero-order chi connectivity index (χ0) is 25.0. The number of hydrogen-bond acceptors (Lipinski definition) is 5. The zero-order valence-corrected chi connectivity index (χ0v) is 18.9. The molecule has 4 rings (SSSR count). The van der Waals surface area contributed by atoms with Crippen LogP contribution in [0.3, 0.4) is 0 Å². The van der Waals surface area contributed by atoms with Crippen molar-refractivity contribution in [3.63, 3.8) is 0 Å². The van der Waals surface area contributed by atoms with E-state index in [2.05, 4.69) is 15.3 Å². The standard InChI is InChI=1S/C25H25F4N5O/c26-22-23(31-14-17-6-4-16(5-7-17)13-21(30)35)32-15-33-24(22)34-12-2-1-3-20(34)18-8-10-19(11-9-18)25(27,28)29/h4-11,15,20H,1-3,12-14H2,(H2,30,35)(H,31,32,33). The van der Waals surface area contributed by atoms with Crippen LogP contribution in [0.1, 0.15) is 47.6 Å². The lowest BCUT2D eigenvalue weighted by atomic mass is 9.94. The molecule has 0 aliphatic carbocycles. The number of alkyl halides is 3. The minimum absolute atomic E-state index is 0.0351. The second-order valence-electron chi connectivity index (χ2n) is 8.50. The van der Waals surface area contributed by atoms with E-state index in [4.69, 9.17) is 5.73 Å². The summed E-state index contributed by atoms with van der Waals surface area (Å²) in [5.74, 6) is -0.882. The Hall–Kier alpha value is -3.69. The summed E-state index contributed by atoms with van der Waals surface area (Å²) in [6.07, 6.45) is -0.614. The van der Waals surface area contributed by atoms with Gasteiger partial charge in [0.1, 0.15) is 6.33 Å². The fourth-order valence-corrected chi connectivity index (χ4v) is 4.27. The van der Waals surface area contributed by atoms with Crippen molar-refractivity contribution in [3.8, 4) is 0 Å². The van der Waals surface area contributed by atoms with E-state index in [1.54, 1.807) is 17.0 Å². The topological polar surface area (TPSA) is 84.1 Å². The van der Waals surface area contributed by atoms with Gasteiger partial charge in [0.05, 0.1) is 18.0 Å². The van der Waals surface area contributed by atoms with Crippen molar-refractivity contribution in [2.24, 2.45) is 5.73 Å². The fourth-order valence-electron chi connectivity index (χ4n) is 4.27. The molecule has 35 heavy (non-hydrogen) atoms. The monoisotopic (exact) mass is 487 g/mol. The van der Waals surface area contributed by atoms with Gasteiger partial charge in [-0.15, -0.1) is 0 Å². The average Bonchev–Trinajstić information content (AvgIpc) is 2.84. The lowest BCUT2D eigenvalue weighted by Gasteiger charge is -2.37. The lowest BCUT2D eigenvalue weighted by Crippen LogP contribution is -2.35. The van der Waals surface area contributed by atoms with Gasteiger partial charge in [-0.3, -0.25) is 4.79 Å². The molecule has 2 aromatic carbocycles. The van der Waals surface area contributed by atoms with Gasteiger partial charge in [0.2, 0.25) is 11.7 Å². The molecule has 10 heteroatoms. The summed E-state index contributed by atoms with van der Waals surface area (Å²) in [7, 11) is 0. The minimum atomic E-state index is -4.41. The Balaban J connectivity index is 1.51. The maximum absolute atomic E-state index is 15.4. The summed E-state index contributed by atoms with van der Waals surface area (Å²) in [5, 5.41) is 2.98. The highest BCUT2D eigenvalue weighted by molar-refractivity contribution is 5.76. The first-order valence-corrected chi connectivity index (χ1v) is 11.3. The van der Waals surface area contributed by atoms with Crippen LogP contribution in [-0.2, 0) is 23.9 Å². The van der Waals surface area contributed by atoms with Crippen molar-refractivity contribution in [3.05, 3.63) is 82.9 Å². The van der Waals surface area contributed by atoms with Crippen LogP contribution in [0.4, 0.5) is 29.2 Å². The van der Waals surface area contributed by atoms with Crippen molar-refractivity contribution in [2.75, 3.05) is 16.8 Å². The van der Waals surface area contributed by atoms with Gasteiger partial charge >= 0.3 is 6.18 Å². The van der Waals surface area contributed by atoms with Gasteiger partial charge in [-0.1, -0.05) is 36.4 Å². The quantitative estimate of drug-likeness (QED) is 0.458. The number of piperidine rings is 1. The van der Waals surface area contributed by atoms with Crippen molar-refractivity contribution in [1.29, 1.82) is 0 Å². The van der Waals surface area contributed by atoms with Gasteiger partial charge in [0.15, 0.2) is 11.6 Å². The summed E-state index contributed by atoms with van der Waals surface area (Å²) in [6, 6.07) is 11.9. The molecule has 3 N–H and O–H groups in total. The molecule has 0 bridgehead atoms. The van der Waals surface area contributed by atoms with E-state index in [0.717, 1.165) is 36.1 Å². The Morgan fingerprint density at radius 1 is 1.03 bits per heavy atom. The third kappa shape index (κ3) is 5.87. The first kappa shape index (κ1) is 24.4. The van der Waals surface area contributed by atoms with Crippen LogP contribution in [0.25, 0.3) is 0 Å². The predicted octanol–water partition coefficient (Wildman–Crippen LogP) is 5.01. The summed E-state index contributed by atoms with van der Waals surface area (Å²) < 4.78 is 54.3. The lowest BCUT2D eigenvalue weighted by molar-refractivity contribution is -0.137. The van der Waals surface area contributed by atoms with Crippen LogP contribution in [-0.4, -0.2) is 22.4 Å². The highest BCUT2D eigenvalue weighted by atomic mass is 19.4. The highest BCUT2D eigenvalue weighted by Gasteiger charge is 2.32. The summed E-state index contributed by atoms with van der Waals surface area (Å²) in [6.45, 7) is 0.826. The Bertz CT molecular complexity index is 1170. The summed E-state index contributed by atoms with van der Waals surface area (Å²) in [4.78, 5) is 21.0. The van der Waals surface area contributed by atoms with E-state index in [1.807, 2.05) is 12.1 Å². The number of rotatable bonds is 7. The van der Waals surface area contributed by atoms with Gasteiger partial charge in [-0.05, 0) is 48.1 Å². The largest absolute Gasteiger partial charge is 0.416 e. The molecule has 6 nitrogen and oxygen atoms in total. The molecular formula is C25H25F4N5O. The molecule has 0 radical (unpaired) electrons. The van der Waals surface area contributed by atoms with Crippen LogP contribution in [0, 0.1) is 5.82 Å². The number of primary amides is 1. The average molecular weight is 488 g/mol. The maximum Gasteiger partial charge on any atom is 0.416 e. The third-order valence-electron chi connectivity index (χ3n) is 6.03. The maximum atomic E-state index is 15.4. The molecular weight excluding hydrogens is 462 g/mol. The second kappa shape index (κ2) is 10.3. The van der Waals surface area contributed by atoms with E-state index in [0.29, 0.717) is 25.1 Å². The molecule has 1 fully saturated rings. The molecule has 1 amide bonds. The van der Waals surface area contributed by atoms with Gasteiger partial charge in [0.25, 0.3) is 0 Å². The third-order valence-corrected chi connectivity index (χ3v) is 6.03. The fraction of sp³-hybridized carbons (Fsp3) is 0.320. The Morgan fingerprint density at radius 3 is 2.37 bits per heavy atom. The highest BCUT2D eigenvalue weighted by Crippen LogP contribution is 2.37. The number of carbonyl (C=O) groups is 1. The summed E-state index contributed by atoms with van der Waals surface area (Å²) >= 11 is 0. The number of nitrogens with two attached hydrogens (primary N) is 1. The van der Waals surface area contributed by atoms with E-state index in [1.165, 1.54) is 18.5 Å². The molecule has 1 unspecified atom stereocenters. The Labute approximate surface area is 200 Å². The first-order chi connectivity index (χ1) is 16.7. The number of anilines is 2. The van der Waals surface area contributed by atoms with Crippen LogP contribution in [0.2, 0.25) is 0 Å². The summed E-state index contributed by atoms with van der Waals surface area (Å²) in [5.41, 5.74) is 6.82. The molecule has 1 aromatic heterocycles. The smallest absolute Gasteiger partial charge is 0.369 e. The molecule has 1 saturated heterocycles. The van der Waals surface area contributed by atoms with Crippen LogP contribution < -0.4 is 16.0 Å². The molecule has 0 spiro atoms. The number of nitrogens with zero attached hydrogens (tertiary/aromatic N) is 3. The van der Waals surface area contributed by atoms with Crippen molar-refractivity contribution >= 4 is 17.5 Å². The molecule has 1 aliphatic rings. The van der Waals surface area contributed by atoms with Gasteiger partial charge < -0.3 is 16.0 Å². The number of carbonyl (C=O) groups excluding carboxylic acids is 1. The number of hydrogen-bond donors (Lipinski definition) is 2. The van der Waals surface area contributed by atoms with Crippen molar-refractivity contribution in [1.82, 2.24) is 9.97 Å². The van der Waals surface area contributed by atoms with E-state index >= 15 is 4.39 Å². The second-order valence-corrected chi connectivity index (χ2v) is 8.50. The van der Waals surface area contributed by atoms with Crippen molar-refractivity contribution in [2.45, 2.75) is 44.4 Å². The molecule has 0 saturated carbocycles. The van der Waals surface area contributed by atoms with Gasteiger partial charge in [0, 0.05) is 13.1 Å².